The van der Waals surface area contributed by atoms with Crippen LogP contribution in [0.3, 0.4) is 0 Å². The first kappa shape index (κ1) is 8.95. The zero-order chi connectivity index (χ0) is 9.10. The molecule has 1 unspecified atom stereocenters. The summed E-state index contributed by atoms with van der Waals surface area (Å²) >= 11 is 1.93. The largest absolute Gasteiger partial charge is 0.382 e. The Kier molecular flexibility index (Phi) is 2.79. The van der Waals surface area contributed by atoms with Crippen LogP contribution in [-0.4, -0.2) is 18.1 Å². The molecule has 1 aromatic carbocycles. The van der Waals surface area contributed by atoms with Gasteiger partial charge in [-0.25, -0.2) is 0 Å². The lowest BCUT2D eigenvalue weighted by atomic mass is 10.1. The van der Waals surface area contributed by atoms with E-state index in [0.717, 1.165) is 0 Å². The van der Waals surface area contributed by atoms with Gasteiger partial charge in [0.2, 0.25) is 0 Å². The van der Waals surface area contributed by atoms with Crippen molar-refractivity contribution in [3.05, 3.63) is 29.8 Å². The Morgan fingerprint density at radius 2 is 2.31 bits per heavy atom. The third-order valence-electron chi connectivity index (χ3n) is 2.51. The van der Waals surface area contributed by atoms with Gasteiger partial charge in [-0.3, -0.25) is 0 Å². The smallest absolute Gasteiger partial charge is 0.0375 e. The second-order valence-corrected chi connectivity index (χ2v) is 4.47. The second kappa shape index (κ2) is 4.05. The van der Waals surface area contributed by atoms with Gasteiger partial charge in [0.25, 0.3) is 0 Å². The summed E-state index contributed by atoms with van der Waals surface area (Å²) in [5.41, 5.74) is 2.82. The van der Waals surface area contributed by atoms with Gasteiger partial charge in [-0.1, -0.05) is 18.2 Å². The van der Waals surface area contributed by atoms with Crippen molar-refractivity contribution in [2.24, 2.45) is 0 Å². The van der Waals surface area contributed by atoms with E-state index in [4.69, 9.17) is 0 Å². The third kappa shape index (κ3) is 1.99. The van der Waals surface area contributed by atoms with E-state index in [1.807, 2.05) is 11.8 Å². The van der Waals surface area contributed by atoms with Crippen LogP contribution in [0.1, 0.15) is 12.0 Å². The summed E-state index contributed by atoms with van der Waals surface area (Å²) in [6, 6.07) is 9.29. The fourth-order valence-electron chi connectivity index (χ4n) is 1.81. The fraction of sp³-hybridized carbons (Fsp3) is 0.455. The summed E-state index contributed by atoms with van der Waals surface area (Å²) in [6.45, 7) is 0. The lowest BCUT2D eigenvalue weighted by molar-refractivity contribution is 0.730. The van der Waals surface area contributed by atoms with Gasteiger partial charge in [-0.2, -0.15) is 11.8 Å². The van der Waals surface area contributed by atoms with Crippen molar-refractivity contribution in [1.82, 2.24) is 0 Å². The van der Waals surface area contributed by atoms with Crippen LogP contribution in [0.5, 0.6) is 0 Å². The minimum Gasteiger partial charge on any atom is -0.382 e. The first-order valence-electron chi connectivity index (χ1n) is 4.73. The molecule has 0 amide bonds. The normalized spacial score (nSPS) is 19.6. The van der Waals surface area contributed by atoms with E-state index in [9.17, 15) is 0 Å². The van der Waals surface area contributed by atoms with E-state index in [-0.39, 0.29) is 0 Å². The van der Waals surface area contributed by atoms with Crippen LogP contribution in [0.15, 0.2) is 24.3 Å². The first-order valence-corrected chi connectivity index (χ1v) is 6.13. The Morgan fingerprint density at radius 1 is 1.46 bits per heavy atom. The Balaban J connectivity index is 1.97. The number of para-hydroxylation sites is 1. The van der Waals surface area contributed by atoms with Crippen LogP contribution in [0.2, 0.25) is 0 Å². The predicted octanol–water partition coefficient (Wildman–Crippen LogP) is 2.78. The molecule has 0 spiro atoms. The number of hydrogen-bond donors (Lipinski definition) is 1. The van der Waals surface area contributed by atoms with Crippen molar-refractivity contribution < 1.29 is 0 Å². The highest BCUT2D eigenvalue weighted by molar-refractivity contribution is 7.98. The van der Waals surface area contributed by atoms with Crippen LogP contribution in [0.25, 0.3) is 0 Å². The van der Waals surface area contributed by atoms with Gasteiger partial charge in [0.05, 0.1) is 0 Å². The summed E-state index contributed by atoms with van der Waals surface area (Å²) < 4.78 is 0. The molecule has 0 radical (unpaired) electrons. The molecule has 1 N–H and O–H groups in total. The van der Waals surface area contributed by atoms with Crippen molar-refractivity contribution in [3.8, 4) is 0 Å². The zero-order valence-corrected chi connectivity index (χ0v) is 8.73. The highest BCUT2D eigenvalue weighted by Crippen LogP contribution is 2.26. The topological polar surface area (TPSA) is 12.0 Å². The van der Waals surface area contributed by atoms with Gasteiger partial charge in [0.15, 0.2) is 0 Å². The Labute approximate surface area is 83.9 Å². The van der Waals surface area contributed by atoms with Gasteiger partial charge in [0.1, 0.15) is 0 Å². The maximum atomic E-state index is 3.56. The summed E-state index contributed by atoms with van der Waals surface area (Å²) in [5, 5.41) is 3.56. The number of thioether (sulfide) groups is 1. The molecular weight excluding hydrogens is 178 g/mol. The molecule has 1 heterocycles. The highest BCUT2D eigenvalue weighted by Gasteiger charge is 2.18. The SMILES string of the molecule is CSCCC1Cc2ccccc2N1. The van der Waals surface area contributed by atoms with E-state index in [1.165, 1.54) is 29.8 Å². The molecule has 70 valence electrons. The van der Waals surface area contributed by atoms with Crippen LogP contribution in [0.4, 0.5) is 5.69 Å². The lowest BCUT2D eigenvalue weighted by Gasteiger charge is -2.09. The molecule has 0 saturated carbocycles. The molecule has 1 aliphatic heterocycles. The number of anilines is 1. The minimum absolute atomic E-state index is 0.671. The van der Waals surface area contributed by atoms with E-state index >= 15 is 0 Å². The summed E-state index contributed by atoms with van der Waals surface area (Å²) in [7, 11) is 0. The second-order valence-electron chi connectivity index (χ2n) is 3.48. The molecule has 0 aromatic heterocycles. The monoisotopic (exact) mass is 193 g/mol. The van der Waals surface area contributed by atoms with Crippen LogP contribution in [0, 0.1) is 0 Å². The van der Waals surface area contributed by atoms with E-state index in [0.29, 0.717) is 6.04 Å². The molecule has 2 heteroatoms. The summed E-state index contributed by atoms with van der Waals surface area (Å²) in [4.78, 5) is 0. The fourth-order valence-corrected chi connectivity index (χ4v) is 2.33. The van der Waals surface area contributed by atoms with Crippen molar-refractivity contribution in [3.63, 3.8) is 0 Å². The Morgan fingerprint density at radius 3 is 3.08 bits per heavy atom. The van der Waals surface area contributed by atoms with Gasteiger partial charge in [0, 0.05) is 11.7 Å². The molecule has 0 aliphatic carbocycles. The van der Waals surface area contributed by atoms with Gasteiger partial charge < -0.3 is 5.32 Å². The van der Waals surface area contributed by atoms with Crippen molar-refractivity contribution in [2.75, 3.05) is 17.3 Å². The molecule has 0 fully saturated rings. The molecular formula is C11H15NS. The molecule has 1 atom stereocenters. The number of fused-ring (bicyclic) bond motifs is 1. The van der Waals surface area contributed by atoms with Crippen LogP contribution < -0.4 is 5.32 Å². The standard InChI is InChI=1S/C11H15NS/c1-13-7-6-10-8-9-4-2-3-5-11(9)12-10/h2-5,10,12H,6-8H2,1H3. The third-order valence-corrected chi connectivity index (χ3v) is 3.16. The van der Waals surface area contributed by atoms with E-state index in [1.54, 1.807) is 0 Å². The van der Waals surface area contributed by atoms with Crippen molar-refractivity contribution in [2.45, 2.75) is 18.9 Å². The zero-order valence-electron chi connectivity index (χ0n) is 7.92. The van der Waals surface area contributed by atoms with Gasteiger partial charge >= 0.3 is 0 Å². The van der Waals surface area contributed by atoms with E-state index in [2.05, 4.69) is 35.8 Å². The predicted molar refractivity (Wildman–Crippen MR) is 60.6 cm³/mol. The molecule has 1 nitrogen and oxygen atoms in total. The molecule has 0 bridgehead atoms. The maximum Gasteiger partial charge on any atom is 0.0375 e. The number of rotatable bonds is 3. The minimum atomic E-state index is 0.671. The van der Waals surface area contributed by atoms with Gasteiger partial charge in [-0.15, -0.1) is 0 Å². The van der Waals surface area contributed by atoms with Crippen LogP contribution in [-0.2, 0) is 6.42 Å². The number of hydrogen-bond acceptors (Lipinski definition) is 2. The number of nitrogens with one attached hydrogen (secondary N) is 1. The Hall–Kier alpha value is -0.630. The number of benzene rings is 1. The quantitative estimate of drug-likeness (QED) is 0.792. The molecule has 13 heavy (non-hydrogen) atoms. The molecule has 0 saturated heterocycles. The average Bonchev–Trinajstić information content (AvgIpc) is 2.57. The average molecular weight is 193 g/mol. The maximum absolute atomic E-state index is 3.56. The van der Waals surface area contributed by atoms with Crippen LogP contribution >= 0.6 is 11.8 Å². The van der Waals surface area contributed by atoms with Crippen molar-refractivity contribution >= 4 is 17.4 Å². The molecule has 2 rings (SSSR count). The molecule has 1 aliphatic rings. The summed E-state index contributed by atoms with van der Waals surface area (Å²) in [5.74, 6) is 1.26. The summed E-state index contributed by atoms with van der Waals surface area (Å²) in [6.07, 6.45) is 4.65. The molecule has 1 aromatic rings. The van der Waals surface area contributed by atoms with Crippen molar-refractivity contribution in [1.29, 1.82) is 0 Å². The lowest BCUT2D eigenvalue weighted by Crippen LogP contribution is -2.15. The first-order chi connectivity index (χ1) is 6.40. The van der Waals surface area contributed by atoms with E-state index < -0.39 is 0 Å². The Bertz CT molecular complexity index is 260. The highest BCUT2D eigenvalue weighted by atomic mass is 32.2. The van der Waals surface area contributed by atoms with Gasteiger partial charge in [-0.05, 0) is 36.5 Å².